The Morgan fingerprint density at radius 2 is 1.47 bits per heavy atom. The summed E-state index contributed by atoms with van der Waals surface area (Å²) in [6.07, 6.45) is -0.208. The van der Waals surface area contributed by atoms with E-state index in [-0.39, 0.29) is 64.0 Å². The first-order chi connectivity index (χ1) is 17.1. The molecule has 4 atom stereocenters. The predicted octanol–water partition coefficient (Wildman–Crippen LogP) is -2.35. The van der Waals surface area contributed by atoms with Crippen molar-refractivity contribution in [1.29, 1.82) is 0 Å². The highest BCUT2D eigenvalue weighted by atomic mass is 16.7. The van der Waals surface area contributed by atoms with Gasteiger partial charge in [-0.05, 0) is 26.7 Å². The summed E-state index contributed by atoms with van der Waals surface area (Å²) in [6.45, 7) is 3.03. The lowest BCUT2D eigenvalue weighted by Gasteiger charge is -2.35. The van der Waals surface area contributed by atoms with E-state index >= 15 is 0 Å². The Morgan fingerprint density at radius 3 is 2.06 bits per heavy atom. The number of Topliss-reactive ketones (excluding diaryl/α,β-unsaturated/α-hetero) is 1. The third-order valence-electron chi connectivity index (χ3n) is 5.46. The molecule has 0 radical (unpaired) electrons. The first-order valence-electron chi connectivity index (χ1n) is 12.4. The fourth-order valence-corrected chi connectivity index (χ4v) is 3.50. The Labute approximate surface area is 211 Å². The lowest BCUT2D eigenvalue weighted by atomic mass is 10.0. The van der Waals surface area contributed by atoms with Crippen LogP contribution in [0.4, 0.5) is 0 Å². The standard InChI is InChI=1S/C23H42N4O9/c1-16(29)6-4-3-5-7-24-20(32)13-27(14-21(33)25-8-10-28)15-22(34)26-9-11-35-23-19(31)12-18(30)17(2)36-23/h17-19,23,28,30-31H,3-15H2,1-2H3,(H,24,32)(H,25,33)(H,26,34)/t17-,18-,19-,23+/m0/s1. The van der Waals surface area contributed by atoms with Crippen LogP contribution in [-0.2, 0) is 28.7 Å². The van der Waals surface area contributed by atoms with Gasteiger partial charge in [-0.3, -0.25) is 19.3 Å². The number of hydrogen-bond acceptors (Lipinski definition) is 10. The van der Waals surface area contributed by atoms with E-state index in [0.29, 0.717) is 19.4 Å². The summed E-state index contributed by atoms with van der Waals surface area (Å²) >= 11 is 0. The van der Waals surface area contributed by atoms with Gasteiger partial charge in [0, 0.05) is 32.5 Å². The van der Waals surface area contributed by atoms with Crippen LogP contribution in [0.1, 0.15) is 46.0 Å². The lowest BCUT2D eigenvalue weighted by Crippen LogP contribution is -2.48. The summed E-state index contributed by atoms with van der Waals surface area (Å²) in [6, 6.07) is 0. The fourth-order valence-electron chi connectivity index (χ4n) is 3.50. The van der Waals surface area contributed by atoms with Gasteiger partial charge in [-0.15, -0.1) is 0 Å². The minimum atomic E-state index is -0.979. The second-order valence-electron chi connectivity index (χ2n) is 8.88. The van der Waals surface area contributed by atoms with Crippen molar-refractivity contribution in [3.8, 4) is 0 Å². The van der Waals surface area contributed by atoms with E-state index in [2.05, 4.69) is 16.0 Å². The molecule has 13 nitrogen and oxygen atoms in total. The Hall–Kier alpha value is -2.16. The van der Waals surface area contributed by atoms with Crippen LogP contribution in [0.5, 0.6) is 0 Å². The van der Waals surface area contributed by atoms with Gasteiger partial charge in [-0.2, -0.15) is 0 Å². The number of rotatable bonds is 18. The number of amides is 3. The van der Waals surface area contributed by atoms with Crippen molar-refractivity contribution in [3.63, 3.8) is 0 Å². The number of aliphatic hydroxyl groups excluding tert-OH is 3. The predicted molar refractivity (Wildman–Crippen MR) is 129 cm³/mol. The van der Waals surface area contributed by atoms with E-state index in [4.69, 9.17) is 14.6 Å². The number of ether oxygens (including phenoxy) is 2. The lowest BCUT2D eigenvalue weighted by molar-refractivity contribution is -0.260. The van der Waals surface area contributed by atoms with Gasteiger partial charge < -0.3 is 45.5 Å². The highest BCUT2D eigenvalue weighted by Crippen LogP contribution is 2.20. The molecular formula is C23H42N4O9. The maximum Gasteiger partial charge on any atom is 0.234 e. The molecule has 0 bridgehead atoms. The quantitative estimate of drug-likeness (QED) is 0.107. The van der Waals surface area contributed by atoms with Gasteiger partial charge in [0.2, 0.25) is 17.7 Å². The van der Waals surface area contributed by atoms with Crippen molar-refractivity contribution < 1.29 is 44.0 Å². The largest absolute Gasteiger partial charge is 0.395 e. The van der Waals surface area contributed by atoms with Gasteiger partial charge in [-0.1, -0.05) is 6.42 Å². The maximum atomic E-state index is 12.4. The van der Waals surface area contributed by atoms with Crippen LogP contribution in [-0.4, -0.2) is 121 Å². The van der Waals surface area contributed by atoms with Gasteiger partial charge in [0.05, 0.1) is 45.1 Å². The van der Waals surface area contributed by atoms with Gasteiger partial charge in [0.25, 0.3) is 0 Å². The van der Waals surface area contributed by atoms with Gasteiger partial charge >= 0.3 is 0 Å². The van der Waals surface area contributed by atoms with Crippen LogP contribution < -0.4 is 16.0 Å². The molecule has 208 valence electrons. The van der Waals surface area contributed by atoms with E-state index < -0.39 is 36.4 Å². The normalized spacial score (nSPS) is 21.7. The van der Waals surface area contributed by atoms with Crippen molar-refractivity contribution in [1.82, 2.24) is 20.9 Å². The SMILES string of the molecule is CC(=O)CCCCCNC(=O)CN(CC(=O)NCCO)CC(=O)NCCO[C@@H]1O[C@@H](C)[C@@H](O)C[C@@H]1O. The third kappa shape index (κ3) is 14.4. The first kappa shape index (κ1) is 31.9. The Bertz CT molecular complexity index is 694. The molecule has 13 heteroatoms. The average Bonchev–Trinajstić information content (AvgIpc) is 2.80. The molecule has 0 saturated carbocycles. The molecule has 1 fully saturated rings. The zero-order valence-electron chi connectivity index (χ0n) is 21.2. The van der Waals surface area contributed by atoms with Crippen molar-refractivity contribution in [2.45, 2.75) is 70.6 Å². The smallest absolute Gasteiger partial charge is 0.234 e. The van der Waals surface area contributed by atoms with Crippen molar-refractivity contribution in [3.05, 3.63) is 0 Å². The Kier molecular flexibility index (Phi) is 16.1. The highest BCUT2D eigenvalue weighted by molar-refractivity contribution is 5.84. The van der Waals surface area contributed by atoms with Gasteiger partial charge in [-0.25, -0.2) is 0 Å². The number of aliphatic hydroxyl groups is 3. The first-order valence-corrected chi connectivity index (χ1v) is 12.4. The van der Waals surface area contributed by atoms with Crippen molar-refractivity contribution >= 4 is 23.5 Å². The fraction of sp³-hybridized carbons (Fsp3) is 0.826. The molecule has 0 aromatic heterocycles. The monoisotopic (exact) mass is 518 g/mol. The topological polar surface area (TPSA) is 187 Å². The average molecular weight is 519 g/mol. The molecule has 36 heavy (non-hydrogen) atoms. The third-order valence-corrected chi connectivity index (χ3v) is 5.46. The van der Waals surface area contributed by atoms with Gasteiger partial charge in [0.15, 0.2) is 6.29 Å². The molecular weight excluding hydrogens is 476 g/mol. The van der Waals surface area contributed by atoms with Gasteiger partial charge in [0.1, 0.15) is 11.9 Å². The summed E-state index contributed by atoms with van der Waals surface area (Å²) in [5.74, 6) is -1.07. The summed E-state index contributed by atoms with van der Waals surface area (Å²) in [5, 5.41) is 36.3. The maximum absolute atomic E-state index is 12.4. The van der Waals surface area contributed by atoms with Crippen LogP contribution >= 0.6 is 0 Å². The van der Waals surface area contributed by atoms with Crippen LogP contribution in [0.15, 0.2) is 0 Å². The van der Waals surface area contributed by atoms with Crippen LogP contribution in [0.2, 0.25) is 0 Å². The number of hydrogen-bond donors (Lipinski definition) is 6. The summed E-state index contributed by atoms with van der Waals surface area (Å²) in [5.41, 5.74) is 0. The number of unbranched alkanes of at least 4 members (excludes halogenated alkanes) is 2. The number of nitrogens with one attached hydrogen (secondary N) is 3. The number of nitrogens with zero attached hydrogens (tertiary/aromatic N) is 1. The molecule has 6 N–H and O–H groups in total. The second-order valence-corrected chi connectivity index (χ2v) is 8.88. The number of ketones is 1. The van der Waals surface area contributed by atoms with E-state index in [0.717, 1.165) is 12.8 Å². The number of carbonyl (C=O) groups excluding carboxylic acids is 4. The molecule has 1 aliphatic rings. The Balaban J connectivity index is 2.41. The molecule has 1 aliphatic heterocycles. The number of carbonyl (C=O) groups is 4. The summed E-state index contributed by atoms with van der Waals surface area (Å²) in [4.78, 5) is 49.1. The Morgan fingerprint density at radius 1 is 0.889 bits per heavy atom. The minimum Gasteiger partial charge on any atom is -0.395 e. The molecule has 0 unspecified atom stereocenters. The molecule has 1 rings (SSSR count). The zero-order valence-corrected chi connectivity index (χ0v) is 21.2. The van der Waals surface area contributed by atoms with Crippen LogP contribution in [0.25, 0.3) is 0 Å². The van der Waals surface area contributed by atoms with E-state index in [9.17, 15) is 29.4 Å². The highest BCUT2D eigenvalue weighted by Gasteiger charge is 2.34. The molecule has 1 heterocycles. The van der Waals surface area contributed by atoms with Crippen LogP contribution in [0, 0.1) is 0 Å². The second kappa shape index (κ2) is 18.1. The van der Waals surface area contributed by atoms with Crippen LogP contribution in [0.3, 0.4) is 0 Å². The van der Waals surface area contributed by atoms with E-state index in [1.165, 1.54) is 11.8 Å². The molecule has 0 spiro atoms. The van der Waals surface area contributed by atoms with Crippen molar-refractivity contribution in [2.75, 3.05) is 52.5 Å². The summed E-state index contributed by atoms with van der Waals surface area (Å²) in [7, 11) is 0. The van der Waals surface area contributed by atoms with Crippen molar-refractivity contribution in [2.24, 2.45) is 0 Å². The molecule has 1 saturated heterocycles. The van der Waals surface area contributed by atoms with E-state index in [1.54, 1.807) is 6.92 Å². The summed E-state index contributed by atoms with van der Waals surface area (Å²) < 4.78 is 10.8. The zero-order chi connectivity index (χ0) is 26.9. The molecule has 0 aromatic carbocycles. The molecule has 0 aromatic rings. The minimum absolute atomic E-state index is 0.0530. The molecule has 3 amide bonds. The molecule has 0 aliphatic carbocycles. The van der Waals surface area contributed by atoms with E-state index in [1.807, 2.05) is 0 Å².